The number of hydrogen-bond donors (Lipinski definition) is 2. The Hall–Kier alpha value is -2.01. The van der Waals surface area contributed by atoms with E-state index >= 15 is 0 Å². The summed E-state index contributed by atoms with van der Waals surface area (Å²) in [4.78, 5) is 15.7. The van der Waals surface area contributed by atoms with Crippen LogP contribution >= 0.6 is 0 Å². The van der Waals surface area contributed by atoms with Crippen molar-refractivity contribution in [2.24, 2.45) is 0 Å². The molecule has 0 saturated heterocycles. The number of pyridine rings is 1. The summed E-state index contributed by atoms with van der Waals surface area (Å²) in [5.41, 5.74) is 0.395. The number of aromatic nitrogens is 1. The van der Waals surface area contributed by atoms with Crippen LogP contribution in [0, 0.1) is 5.82 Å². The summed E-state index contributed by atoms with van der Waals surface area (Å²) < 4.78 is 13.7. The van der Waals surface area contributed by atoms with Crippen molar-refractivity contribution in [1.82, 2.24) is 10.3 Å². The van der Waals surface area contributed by atoms with Crippen molar-refractivity contribution in [3.8, 4) is 0 Å². The van der Waals surface area contributed by atoms with E-state index in [1.165, 1.54) is 6.07 Å². The van der Waals surface area contributed by atoms with Gasteiger partial charge in [0, 0.05) is 18.1 Å². The van der Waals surface area contributed by atoms with E-state index in [4.69, 9.17) is 0 Å². The minimum atomic E-state index is -0.963. The Labute approximate surface area is 123 Å². The van der Waals surface area contributed by atoms with Gasteiger partial charge < -0.3 is 5.11 Å². The fourth-order valence-corrected chi connectivity index (χ4v) is 2.48. The molecule has 0 radical (unpaired) electrons. The van der Waals surface area contributed by atoms with Crippen molar-refractivity contribution >= 4 is 16.9 Å². The van der Waals surface area contributed by atoms with Crippen molar-refractivity contribution in [1.29, 1.82) is 0 Å². The first kappa shape index (κ1) is 15.4. The van der Waals surface area contributed by atoms with E-state index < -0.39 is 11.5 Å². The van der Waals surface area contributed by atoms with Gasteiger partial charge in [-0.2, -0.15) is 0 Å². The molecule has 1 aromatic heterocycles. The van der Waals surface area contributed by atoms with Crippen LogP contribution in [0.3, 0.4) is 0 Å². The number of nitrogens with zero attached hydrogens (tertiary/aromatic N) is 1. The van der Waals surface area contributed by atoms with Gasteiger partial charge in [-0.05, 0) is 36.6 Å². The van der Waals surface area contributed by atoms with Crippen molar-refractivity contribution in [3.63, 3.8) is 0 Å². The minimum absolute atomic E-state index is 0.322. The van der Waals surface area contributed by atoms with Crippen molar-refractivity contribution < 1.29 is 14.3 Å². The van der Waals surface area contributed by atoms with E-state index in [9.17, 15) is 14.3 Å². The topological polar surface area (TPSA) is 62.2 Å². The lowest BCUT2D eigenvalue weighted by atomic mass is 9.92. The average molecular weight is 290 g/mol. The monoisotopic (exact) mass is 290 g/mol. The second-order valence-electron chi connectivity index (χ2n) is 5.05. The highest BCUT2D eigenvalue weighted by Crippen LogP contribution is 2.22. The van der Waals surface area contributed by atoms with Crippen LogP contribution in [0.5, 0.6) is 0 Å². The predicted octanol–water partition coefficient (Wildman–Crippen LogP) is 3.11. The molecule has 0 aliphatic carbocycles. The number of benzene rings is 1. The highest BCUT2D eigenvalue weighted by molar-refractivity contribution is 5.82. The van der Waals surface area contributed by atoms with Crippen LogP contribution in [0.2, 0.25) is 0 Å². The summed E-state index contributed by atoms with van der Waals surface area (Å²) >= 11 is 0. The van der Waals surface area contributed by atoms with Gasteiger partial charge in [0.1, 0.15) is 11.4 Å². The van der Waals surface area contributed by atoms with Gasteiger partial charge >= 0.3 is 5.97 Å². The Morgan fingerprint density at radius 2 is 2.05 bits per heavy atom. The van der Waals surface area contributed by atoms with Crippen LogP contribution in [-0.4, -0.2) is 21.6 Å². The number of hydrogen-bond acceptors (Lipinski definition) is 3. The van der Waals surface area contributed by atoms with Gasteiger partial charge in [-0.3, -0.25) is 15.1 Å². The molecule has 0 spiro atoms. The summed E-state index contributed by atoms with van der Waals surface area (Å²) in [7, 11) is 0. The van der Waals surface area contributed by atoms with Crippen molar-refractivity contribution in [2.45, 2.75) is 38.8 Å². The first-order chi connectivity index (χ1) is 10.0. The summed E-state index contributed by atoms with van der Waals surface area (Å²) in [6.07, 6.45) is 2.56. The van der Waals surface area contributed by atoms with E-state index in [2.05, 4.69) is 10.3 Å². The van der Waals surface area contributed by atoms with Crippen LogP contribution in [0.25, 0.3) is 10.9 Å². The molecular weight excluding hydrogens is 271 g/mol. The molecule has 1 heterocycles. The Morgan fingerprint density at radius 3 is 2.67 bits per heavy atom. The second kappa shape index (κ2) is 6.18. The van der Waals surface area contributed by atoms with E-state index in [0.29, 0.717) is 30.3 Å². The average Bonchev–Trinajstić information content (AvgIpc) is 2.50. The number of nitrogens with one attached hydrogen (secondary N) is 1. The Kier molecular flexibility index (Phi) is 4.53. The normalized spacial score (nSPS) is 11.8. The number of carboxylic acid groups (broad SMARTS) is 1. The lowest BCUT2D eigenvalue weighted by Crippen LogP contribution is -2.50. The van der Waals surface area contributed by atoms with Crippen LogP contribution in [-0.2, 0) is 11.3 Å². The molecule has 4 nitrogen and oxygen atoms in total. The molecule has 2 aromatic rings. The Balaban J connectivity index is 2.32. The summed E-state index contributed by atoms with van der Waals surface area (Å²) in [6.45, 7) is 4.01. The van der Waals surface area contributed by atoms with Gasteiger partial charge in [0.15, 0.2) is 0 Å². The smallest absolute Gasteiger partial charge is 0.323 e. The number of carboxylic acids is 1. The molecule has 1 aromatic carbocycles. The maximum absolute atomic E-state index is 13.7. The predicted molar refractivity (Wildman–Crippen MR) is 79.5 cm³/mol. The van der Waals surface area contributed by atoms with Crippen LogP contribution in [0.15, 0.2) is 30.5 Å². The molecule has 0 aliphatic rings. The number of carbonyl (C=O) groups is 1. The zero-order valence-corrected chi connectivity index (χ0v) is 12.2. The third kappa shape index (κ3) is 2.88. The van der Waals surface area contributed by atoms with Crippen molar-refractivity contribution in [3.05, 3.63) is 41.8 Å². The summed E-state index contributed by atoms with van der Waals surface area (Å²) in [5, 5.41) is 13.0. The molecule has 0 atom stereocenters. The Morgan fingerprint density at radius 1 is 1.33 bits per heavy atom. The molecule has 0 unspecified atom stereocenters. The minimum Gasteiger partial charge on any atom is -0.480 e. The zero-order chi connectivity index (χ0) is 15.5. The van der Waals surface area contributed by atoms with Gasteiger partial charge in [-0.15, -0.1) is 0 Å². The lowest BCUT2D eigenvalue weighted by molar-refractivity contribution is -0.145. The molecule has 0 amide bonds. The molecule has 2 rings (SSSR count). The van der Waals surface area contributed by atoms with Gasteiger partial charge in [0.25, 0.3) is 0 Å². The molecule has 0 bridgehead atoms. The van der Waals surface area contributed by atoms with Crippen LogP contribution in [0.1, 0.15) is 32.3 Å². The zero-order valence-electron chi connectivity index (χ0n) is 12.2. The largest absolute Gasteiger partial charge is 0.480 e. The van der Waals surface area contributed by atoms with E-state index in [-0.39, 0.29) is 5.82 Å². The first-order valence-corrected chi connectivity index (χ1v) is 7.04. The van der Waals surface area contributed by atoms with Gasteiger partial charge in [0.2, 0.25) is 0 Å². The third-order valence-corrected chi connectivity index (χ3v) is 4.03. The molecule has 0 aliphatic heterocycles. The number of fused-ring (bicyclic) bond motifs is 1. The molecule has 0 fully saturated rings. The maximum Gasteiger partial charge on any atom is 0.323 e. The fourth-order valence-electron chi connectivity index (χ4n) is 2.48. The molecular formula is C16H19FN2O2. The van der Waals surface area contributed by atoms with E-state index in [0.717, 1.165) is 5.56 Å². The SMILES string of the molecule is CCC(CC)(NCc1ccc(F)c2cccnc12)C(=O)O. The number of halogens is 1. The molecule has 0 saturated carbocycles. The van der Waals surface area contributed by atoms with E-state index in [1.807, 2.05) is 13.8 Å². The molecule has 2 N–H and O–H groups in total. The third-order valence-electron chi connectivity index (χ3n) is 4.03. The highest BCUT2D eigenvalue weighted by atomic mass is 19.1. The van der Waals surface area contributed by atoms with E-state index in [1.54, 1.807) is 24.4 Å². The summed E-state index contributed by atoms with van der Waals surface area (Å²) in [5.74, 6) is -1.19. The molecule has 21 heavy (non-hydrogen) atoms. The standard InChI is InChI=1S/C16H19FN2O2/c1-3-16(4-2,15(20)21)19-10-11-7-8-13(17)12-6-5-9-18-14(11)12/h5-9,19H,3-4,10H2,1-2H3,(H,20,21). The summed E-state index contributed by atoms with van der Waals surface area (Å²) in [6, 6.07) is 6.39. The number of aliphatic carboxylic acids is 1. The lowest BCUT2D eigenvalue weighted by Gasteiger charge is -2.28. The molecule has 112 valence electrons. The molecule has 5 heteroatoms. The Bertz CT molecular complexity index is 654. The number of rotatable bonds is 6. The highest BCUT2D eigenvalue weighted by Gasteiger charge is 2.34. The van der Waals surface area contributed by atoms with Crippen molar-refractivity contribution in [2.75, 3.05) is 0 Å². The van der Waals surface area contributed by atoms with Crippen LogP contribution < -0.4 is 5.32 Å². The first-order valence-electron chi connectivity index (χ1n) is 7.04. The van der Waals surface area contributed by atoms with Gasteiger partial charge in [-0.25, -0.2) is 4.39 Å². The quantitative estimate of drug-likeness (QED) is 0.858. The van der Waals surface area contributed by atoms with Crippen LogP contribution in [0.4, 0.5) is 4.39 Å². The van der Waals surface area contributed by atoms with Gasteiger partial charge in [-0.1, -0.05) is 19.9 Å². The second-order valence-corrected chi connectivity index (χ2v) is 5.05. The van der Waals surface area contributed by atoms with Gasteiger partial charge in [0.05, 0.1) is 5.52 Å². The maximum atomic E-state index is 13.7. The fraction of sp³-hybridized carbons (Fsp3) is 0.375.